The minimum atomic E-state index is -3.63. The van der Waals surface area contributed by atoms with Gasteiger partial charge in [0, 0.05) is 16.9 Å². The van der Waals surface area contributed by atoms with Crippen LogP contribution in [-0.2, 0) is 9.09 Å². The fraction of sp³-hybridized carbons (Fsp3) is 0.419. The second-order valence-electron chi connectivity index (χ2n) is 10.6. The van der Waals surface area contributed by atoms with Crippen LogP contribution in [0.15, 0.2) is 84.9 Å². The first-order chi connectivity index (χ1) is 17.3. The van der Waals surface area contributed by atoms with Gasteiger partial charge in [0.05, 0.1) is 6.10 Å². The molecule has 36 heavy (non-hydrogen) atoms. The summed E-state index contributed by atoms with van der Waals surface area (Å²) in [5, 5.41) is 4.16. The number of halogens is 1. The first kappa shape index (κ1) is 26.8. The molecule has 0 amide bonds. The number of hydrogen-bond acceptors (Lipinski definition) is 3. The van der Waals surface area contributed by atoms with Gasteiger partial charge in [-0.15, -0.1) is 0 Å². The second kappa shape index (κ2) is 11.9. The first-order valence-electron chi connectivity index (χ1n) is 13.2. The Labute approximate surface area is 215 Å². The SMILES string of the molecule is CC(C)[C@@H]1CC[C@@H](C)C[C@H]1OP(=O)(c1ccccc1)[C@H](N[C@H](C)c1ccccc1)c1ccccc1F. The predicted octanol–water partition coefficient (Wildman–Crippen LogP) is 8.26. The van der Waals surface area contributed by atoms with Crippen molar-refractivity contribution in [2.45, 2.75) is 64.9 Å². The van der Waals surface area contributed by atoms with Gasteiger partial charge in [0.15, 0.2) is 0 Å². The summed E-state index contributed by atoms with van der Waals surface area (Å²) in [7, 11) is -3.63. The van der Waals surface area contributed by atoms with Crippen molar-refractivity contribution < 1.29 is 13.5 Å². The Kier molecular flexibility index (Phi) is 8.83. The van der Waals surface area contributed by atoms with E-state index in [2.05, 4.69) is 26.1 Å². The quantitative estimate of drug-likeness (QED) is 0.296. The Hall–Kier alpha value is -2.26. The Bertz CT molecular complexity index is 1150. The van der Waals surface area contributed by atoms with Crippen LogP contribution in [0.3, 0.4) is 0 Å². The summed E-state index contributed by atoms with van der Waals surface area (Å²) >= 11 is 0. The van der Waals surface area contributed by atoms with Gasteiger partial charge < -0.3 is 4.52 Å². The van der Waals surface area contributed by atoms with Crippen LogP contribution in [0.4, 0.5) is 4.39 Å². The molecule has 3 aromatic rings. The van der Waals surface area contributed by atoms with Crippen molar-refractivity contribution in [1.29, 1.82) is 0 Å². The second-order valence-corrected chi connectivity index (χ2v) is 13.1. The largest absolute Gasteiger partial charge is 0.320 e. The lowest BCUT2D eigenvalue weighted by Gasteiger charge is -2.41. The Morgan fingerprint density at radius 1 is 0.889 bits per heavy atom. The van der Waals surface area contributed by atoms with Gasteiger partial charge in [0.25, 0.3) is 7.37 Å². The molecule has 6 atom stereocenters. The average Bonchev–Trinajstić information content (AvgIpc) is 2.88. The molecule has 1 N–H and O–H groups in total. The molecule has 0 bridgehead atoms. The van der Waals surface area contributed by atoms with E-state index in [9.17, 15) is 0 Å². The van der Waals surface area contributed by atoms with Crippen molar-refractivity contribution in [2.24, 2.45) is 17.8 Å². The van der Waals surface area contributed by atoms with Crippen LogP contribution in [0, 0.1) is 23.6 Å². The zero-order valence-electron chi connectivity index (χ0n) is 21.8. The van der Waals surface area contributed by atoms with Gasteiger partial charge in [-0.1, -0.05) is 93.9 Å². The molecule has 5 heteroatoms. The van der Waals surface area contributed by atoms with E-state index >= 15 is 8.96 Å². The summed E-state index contributed by atoms with van der Waals surface area (Å²) in [5.74, 6) is 0.00650. The monoisotopic (exact) mass is 507 g/mol. The molecule has 0 radical (unpaired) electrons. The molecule has 192 valence electrons. The van der Waals surface area contributed by atoms with Gasteiger partial charge in [-0.3, -0.25) is 9.88 Å². The van der Waals surface area contributed by atoms with E-state index in [0.29, 0.717) is 28.6 Å². The lowest BCUT2D eigenvalue weighted by atomic mass is 9.75. The zero-order valence-corrected chi connectivity index (χ0v) is 22.7. The van der Waals surface area contributed by atoms with Crippen LogP contribution in [0.1, 0.15) is 69.9 Å². The first-order valence-corrected chi connectivity index (χ1v) is 14.9. The van der Waals surface area contributed by atoms with Crippen molar-refractivity contribution in [2.75, 3.05) is 0 Å². The molecule has 4 rings (SSSR count). The molecule has 0 heterocycles. The molecule has 1 aliphatic rings. The minimum absolute atomic E-state index is 0.150. The van der Waals surface area contributed by atoms with Gasteiger partial charge in [-0.05, 0) is 61.3 Å². The van der Waals surface area contributed by atoms with E-state index in [-0.39, 0.29) is 18.0 Å². The molecular formula is C31H39FNO2P. The number of rotatable bonds is 9. The van der Waals surface area contributed by atoms with Gasteiger partial charge in [-0.25, -0.2) is 4.39 Å². The van der Waals surface area contributed by atoms with E-state index in [4.69, 9.17) is 4.52 Å². The van der Waals surface area contributed by atoms with Crippen molar-refractivity contribution in [3.63, 3.8) is 0 Å². The van der Waals surface area contributed by atoms with Crippen LogP contribution in [0.2, 0.25) is 0 Å². The zero-order chi connectivity index (χ0) is 25.7. The van der Waals surface area contributed by atoms with E-state index < -0.39 is 13.2 Å². The van der Waals surface area contributed by atoms with E-state index in [1.54, 1.807) is 18.2 Å². The minimum Gasteiger partial charge on any atom is -0.320 e. The highest BCUT2D eigenvalue weighted by Gasteiger charge is 2.44. The molecular weight excluding hydrogens is 468 g/mol. The predicted molar refractivity (Wildman–Crippen MR) is 147 cm³/mol. The van der Waals surface area contributed by atoms with Crippen LogP contribution in [0.5, 0.6) is 0 Å². The molecule has 3 nitrogen and oxygen atoms in total. The van der Waals surface area contributed by atoms with E-state index in [0.717, 1.165) is 24.8 Å². The Morgan fingerprint density at radius 2 is 1.50 bits per heavy atom. The van der Waals surface area contributed by atoms with E-state index in [1.165, 1.54) is 6.07 Å². The molecule has 0 aromatic heterocycles. The van der Waals surface area contributed by atoms with Crippen LogP contribution >= 0.6 is 7.37 Å². The number of nitrogens with one attached hydrogen (secondary N) is 1. The highest BCUT2D eigenvalue weighted by Crippen LogP contribution is 2.61. The molecule has 1 fully saturated rings. The van der Waals surface area contributed by atoms with Crippen LogP contribution < -0.4 is 10.6 Å². The molecule has 0 aliphatic heterocycles. The third-order valence-electron chi connectivity index (χ3n) is 7.62. The lowest BCUT2D eigenvalue weighted by Crippen LogP contribution is -2.37. The normalized spacial score (nSPS) is 23.7. The summed E-state index contributed by atoms with van der Waals surface area (Å²) in [4.78, 5) is 0. The smallest absolute Gasteiger partial charge is 0.253 e. The molecule has 0 saturated heterocycles. The summed E-state index contributed by atoms with van der Waals surface area (Å²) in [6.07, 6.45) is 2.91. The summed E-state index contributed by atoms with van der Waals surface area (Å²) < 4.78 is 37.5. The third-order valence-corrected chi connectivity index (χ3v) is 10.3. The fourth-order valence-electron chi connectivity index (χ4n) is 5.49. The topological polar surface area (TPSA) is 38.3 Å². The lowest BCUT2D eigenvalue weighted by molar-refractivity contribution is 0.0478. The number of hydrogen-bond donors (Lipinski definition) is 1. The molecule has 3 aromatic carbocycles. The maximum atomic E-state index is 15.4. The number of benzene rings is 3. The third kappa shape index (κ3) is 5.99. The van der Waals surface area contributed by atoms with Crippen LogP contribution in [-0.4, -0.2) is 6.10 Å². The Balaban J connectivity index is 1.82. The maximum Gasteiger partial charge on any atom is 0.253 e. The standard InChI is InChI=1S/C31H39FNO2P/c1-22(2)27-20-19-23(3)21-30(27)35-36(34,26-15-9-6-10-16-26)31(28-17-11-12-18-29(28)32)33-24(4)25-13-7-5-8-14-25/h5-18,22-24,27,30-31,33H,19-21H2,1-4H3/t23-,24-,27+,30-,31+,36?/m1/s1. The molecule has 1 unspecified atom stereocenters. The van der Waals surface area contributed by atoms with Crippen molar-refractivity contribution >= 4 is 12.7 Å². The van der Waals surface area contributed by atoms with Crippen molar-refractivity contribution in [3.8, 4) is 0 Å². The van der Waals surface area contributed by atoms with Gasteiger partial charge in [0.2, 0.25) is 0 Å². The maximum absolute atomic E-state index is 15.4. The molecule has 0 spiro atoms. The van der Waals surface area contributed by atoms with E-state index in [1.807, 2.05) is 67.6 Å². The fourth-order valence-corrected chi connectivity index (χ4v) is 8.26. The summed E-state index contributed by atoms with van der Waals surface area (Å²) in [5.41, 5.74) is 1.42. The van der Waals surface area contributed by atoms with Gasteiger partial charge >= 0.3 is 0 Å². The highest BCUT2D eigenvalue weighted by atomic mass is 31.2. The van der Waals surface area contributed by atoms with Gasteiger partial charge in [0.1, 0.15) is 11.6 Å². The summed E-state index contributed by atoms with van der Waals surface area (Å²) in [6, 6.07) is 25.9. The van der Waals surface area contributed by atoms with Crippen LogP contribution in [0.25, 0.3) is 0 Å². The van der Waals surface area contributed by atoms with Crippen molar-refractivity contribution in [1.82, 2.24) is 5.32 Å². The van der Waals surface area contributed by atoms with Crippen molar-refractivity contribution in [3.05, 3.63) is 102 Å². The highest BCUT2D eigenvalue weighted by molar-refractivity contribution is 7.67. The summed E-state index contributed by atoms with van der Waals surface area (Å²) in [6.45, 7) is 8.70. The molecule has 1 aliphatic carbocycles. The average molecular weight is 508 g/mol. The van der Waals surface area contributed by atoms with Gasteiger partial charge in [-0.2, -0.15) is 0 Å². The Morgan fingerprint density at radius 3 is 2.14 bits per heavy atom. The molecule has 1 saturated carbocycles.